The third-order valence-electron chi connectivity index (χ3n) is 19.1. The quantitative estimate of drug-likeness (QED) is 0.128. The van der Waals surface area contributed by atoms with Gasteiger partial charge in [0.05, 0.1) is 40.6 Å². The summed E-state index contributed by atoms with van der Waals surface area (Å²) in [5.41, 5.74) is 21.7. The van der Waals surface area contributed by atoms with Gasteiger partial charge in [-0.15, -0.1) is 41.0 Å². The number of fused-ring (bicyclic) bond motifs is 7. The summed E-state index contributed by atoms with van der Waals surface area (Å²) in [6.45, 7) is 19.2. The van der Waals surface area contributed by atoms with Gasteiger partial charge in [-0.05, 0) is 93.8 Å². The molecule has 7 aromatic carbocycles. The zero-order chi connectivity index (χ0) is 54.8. The standard InChI is InChI=1S/C58H62N4.C14H10FN2.Ir/c1-55(2)49-35-39(28-30-51(49)61-53(57(55,5)6)47(37-59-61)44-20-14-10-15-21-44)24-26-41-32-42(34-46(33-41)43-18-12-9-13-19-43)27-25-40-29-31-52-50(36-40)56(3,4)58(7,8)54-48(38-60-62(52)54)45-22-16-11-17-23-45;1-17-13-5-3-2-4-12(13)16-14(17)10-6-8-11(15)9-7-10;/h10-11,14-17,20-23,28-29,32-38,43H,9,12-13,18-19,24-27H2,1-8H3;2-6,8-9H,1H3;/q-2;-1;+3. The third-order valence-corrected chi connectivity index (χ3v) is 19.1. The van der Waals surface area contributed by atoms with Crippen molar-refractivity contribution in [2.75, 3.05) is 0 Å². The molecule has 0 radical (unpaired) electrons. The van der Waals surface area contributed by atoms with Crippen LogP contribution in [0.5, 0.6) is 0 Å². The molecule has 0 spiro atoms. The summed E-state index contributed by atoms with van der Waals surface area (Å²) in [5, 5.41) is 9.99. The Balaban J connectivity index is 0.000000318. The molecule has 0 unspecified atom stereocenters. The first-order valence-electron chi connectivity index (χ1n) is 28.6. The van der Waals surface area contributed by atoms with Crippen LogP contribution in [0, 0.1) is 24.0 Å². The minimum Gasteiger partial charge on any atom is -0.367 e. The first kappa shape index (κ1) is 54.9. The molecular weight excluding hydrogens is 1160 g/mol. The van der Waals surface area contributed by atoms with Crippen LogP contribution < -0.4 is 0 Å². The maximum Gasteiger partial charge on any atom is 3.00 e. The molecule has 6 nitrogen and oxygen atoms in total. The molecule has 8 heteroatoms. The van der Waals surface area contributed by atoms with Gasteiger partial charge >= 0.3 is 20.1 Å². The van der Waals surface area contributed by atoms with E-state index in [1.807, 2.05) is 35.9 Å². The molecular formula is C72H72FIrN6. The fourth-order valence-electron chi connectivity index (χ4n) is 13.1. The molecule has 5 heterocycles. The Morgan fingerprint density at radius 2 is 1.01 bits per heavy atom. The number of nitrogens with zero attached hydrogens (tertiary/aromatic N) is 6. The molecule has 2 aliphatic heterocycles. The number of hydrogen-bond acceptors (Lipinski definition) is 3. The Morgan fingerprint density at radius 1 is 0.525 bits per heavy atom. The first-order valence-corrected chi connectivity index (χ1v) is 28.6. The van der Waals surface area contributed by atoms with Gasteiger partial charge in [0.25, 0.3) is 0 Å². The summed E-state index contributed by atoms with van der Waals surface area (Å²) in [6, 6.07) is 61.2. The molecule has 0 saturated heterocycles. The van der Waals surface area contributed by atoms with Crippen molar-refractivity contribution in [1.82, 2.24) is 29.1 Å². The number of aromatic nitrogens is 6. The van der Waals surface area contributed by atoms with Crippen molar-refractivity contribution in [3.63, 3.8) is 0 Å². The largest absolute Gasteiger partial charge is 3.00 e. The van der Waals surface area contributed by atoms with Crippen LogP contribution in [0.1, 0.15) is 144 Å². The van der Waals surface area contributed by atoms with Gasteiger partial charge in [0.2, 0.25) is 0 Å². The minimum absolute atomic E-state index is 0. The number of rotatable bonds is 10. The molecule has 0 amide bonds. The van der Waals surface area contributed by atoms with Crippen LogP contribution in [-0.2, 0) is 74.5 Å². The summed E-state index contributed by atoms with van der Waals surface area (Å²) in [7, 11) is 1.95. The van der Waals surface area contributed by atoms with Crippen molar-refractivity contribution in [2.24, 2.45) is 7.05 Å². The molecule has 0 bridgehead atoms. The van der Waals surface area contributed by atoms with Gasteiger partial charge in [0, 0.05) is 34.8 Å². The Hall–Kier alpha value is -6.99. The summed E-state index contributed by atoms with van der Waals surface area (Å²) < 4.78 is 19.2. The Bertz CT molecular complexity index is 3670. The van der Waals surface area contributed by atoms with E-state index in [4.69, 9.17) is 10.2 Å². The van der Waals surface area contributed by atoms with Crippen LogP contribution >= 0.6 is 0 Å². The van der Waals surface area contributed by atoms with Crippen molar-refractivity contribution in [2.45, 2.75) is 141 Å². The minimum atomic E-state index is -0.285. The predicted octanol–water partition coefficient (Wildman–Crippen LogP) is 16.9. The van der Waals surface area contributed by atoms with E-state index in [1.165, 1.54) is 111 Å². The summed E-state index contributed by atoms with van der Waals surface area (Å²) >= 11 is 0. The van der Waals surface area contributed by atoms with Crippen LogP contribution in [-0.4, -0.2) is 29.1 Å². The number of para-hydroxylation sites is 2. The summed E-state index contributed by atoms with van der Waals surface area (Å²) in [4.78, 5) is 4.52. The molecule has 3 aromatic heterocycles. The van der Waals surface area contributed by atoms with Gasteiger partial charge in [-0.3, -0.25) is 18.7 Å². The predicted molar refractivity (Wildman–Crippen MR) is 320 cm³/mol. The topological polar surface area (TPSA) is 53.5 Å². The summed E-state index contributed by atoms with van der Waals surface area (Å²) in [5.74, 6) is 1.18. The Kier molecular flexibility index (Phi) is 14.8. The van der Waals surface area contributed by atoms with E-state index < -0.39 is 0 Å². The second-order valence-electron chi connectivity index (χ2n) is 24.7. The molecule has 3 aliphatic rings. The van der Waals surface area contributed by atoms with Gasteiger partial charge in [-0.1, -0.05) is 178 Å². The fraction of sp³-hybridized carbons (Fsp3) is 0.319. The molecule has 1 saturated carbocycles. The van der Waals surface area contributed by atoms with Gasteiger partial charge in [-0.25, -0.2) is 0 Å². The number of aryl methyl sites for hydroxylation is 5. The van der Waals surface area contributed by atoms with Gasteiger partial charge < -0.3 is 4.57 Å². The molecule has 13 rings (SSSR count). The molecule has 1 fully saturated rings. The molecule has 80 heavy (non-hydrogen) atoms. The van der Waals surface area contributed by atoms with Crippen LogP contribution in [0.15, 0.2) is 158 Å². The molecule has 0 atom stereocenters. The maximum atomic E-state index is 12.8. The molecule has 406 valence electrons. The van der Waals surface area contributed by atoms with Crippen LogP contribution in [0.4, 0.5) is 4.39 Å². The SMILES string of the molecule is CC1(C)c2cc(CCc3cc(CCc4c[c-]c5c(c4)C(C)(C)C(C)(C)c4c(-c6ccccc6)cnn4-5)cc(C4CCCCC4)c3)c[c-]c2-n2ncc(-c3ccccc3)c2C1(C)C.Cn1c(-c2[c-]cc(F)cc2)nc2ccccc21.[Ir+3]. The van der Waals surface area contributed by atoms with Crippen LogP contribution in [0.25, 0.3) is 56.0 Å². The van der Waals surface area contributed by atoms with Crippen molar-refractivity contribution in [3.05, 3.63) is 232 Å². The smallest absolute Gasteiger partial charge is 0.367 e. The maximum absolute atomic E-state index is 12.8. The van der Waals surface area contributed by atoms with Gasteiger partial charge in [0.15, 0.2) is 0 Å². The normalized spacial score (nSPS) is 16.3. The second kappa shape index (κ2) is 21.5. The zero-order valence-corrected chi connectivity index (χ0v) is 50.2. The van der Waals surface area contributed by atoms with Crippen LogP contribution in [0.2, 0.25) is 0 Å². The number of imidazole rings is 1. The Labute approximate surface area is 486 Å². The number of benzene rings is 7. The van der Waals surface area contributed by atoms with E-state index in [9.17, 15) is 4.39 Å². The van der Waals surface area contributed by atoms with Crippen molar-refractivity contribution in [3.8, 4) is 45.0 Å². The van der Waals surface area contributed by atoms with E-state index in [0.29, 0.717) is 5.92 Å². The summed E-state index contributed by atoms with van der Waals surface area (Å²) in [6.07, 6.45) is 14.8. The van der Waals surface area contributed by atoms with Crippen molar-refractivity contribution >= 4 is 11.0 Å². The van der Waals surface area contributed by atoms with Crippen LogP contribution in [0.3, 0.4) is 0 Å². The molecule has 0 N–H and O–H groups in total. The number of halogens is 1. The second-order valence-corrected chi connectivity index (χ2v) is 24.7. The van der Waals surface area contributed by atoms with E-state index in [2.05, 4.69) is 203 Å². The average molecular weight is 1230 g/mol. The van der Waals surface area contributed by atoms with Crippen molar-refractivity contribution in [1.29, 1.82) is 0 Å². The monoisotopic (exact) mass is 1230 g/mol. The van der Waals surface area contributed by atoms with Gasteiger partial charge in [-0.2, -0.15) is 57.7 Å². The Morgan fingerprint density at radius 3 is 1.50 bits per heavy atom. The van der Waals surface area contributed by atoms with Crippen molar-refractivity contribution < 1.29 is 24.5 Å². The molecule has 10 aromatic rings. The first-order chi connectivity index (χ1) is 38.0. The third kappa shape index (κ3) is 9.64. The number of hydrogen-bond donors (Lipinski definition) is 0. The van der Waals surface area contributed by atoms with E-state index in [1.54, 1.807) is 11.6 Å². The van der Waals surface area contributed by atoms with E-state index >= 15 is 0 Å². The van der Waals surface area contributed by atoms with E-state index in [-0.39, 0.29) is 47.6 Å². The zero-order valence-electron chi connectivity index (χ0n) is 47.8. The average Bonchev–Trinajstić information content (AvgIpc) is 4.32. The molecule has 1 aliphatic carbocycles. The van der Waals surface area contributed by atoms with E-state index in [0.717, 1.165) is 59.5 Å². The van der Waals surface area contributed by atoms with Gasteiger partial charge in [0.1, 0.15) is 0 Å². The fourth-order valence-corrected chi connectivity index (χ4v) is 13.1.